The first-order chi connectivity index (χ1) is 12.7. The van der Waals surface area contributed by atoms with Crippen molar-refractivity contribution in [3.05, 3.63) is 51.5 Å². The fourth-order valence-electron chi connectivity index (χ4n) is 2.40. The van der Waals surface area contributed by atoms with Crippen LogP contribution in [0.15, 0.2) is 40.9 Å². The molecule has 3 aromatic rings. The van der Waals surface area contributed by atoms with Gasteiger partial charge in [-0.1, -0.05) is 27.5 Å². The Balaban J connectivity index is 2.18. The summed E-state index contributed by atoms with van der Waals surface area (Å²) in [5.74, 6) is 0.223. The minimum atomic E-state index is -4.58. The minimum absolute atomic E-state index is 0.0202. The Morgan fingerprint density at radius 2 is 1.89 bits per heavy atom. The molecule has 0 aliphatic carbocycles. The number of alkyl halides is 3. The zero-order chi connectivity index (χ0) is 19.8. The number of tetrazole rings is 1. The maximum absolute atomic E-state index is 12.9. The topological polar surface area (TPSA) is 101 Å². The molecule has 140 valence electrons. The summed E-state index contributed by atoms with van der Waals surface area (Å²) in [6.45, 7) is 0. The summed E-state index contributed by atoms with van der Waals surface area (Å²) in [4.78, 5) is 13.1. The summed E-state index contributed by atoms with van der Waals surface area (Å²) in [7, 11) is 0. The Morgan fingerprint density at radius 3 is 2.44 bits per heavy atom. The maximum Gasteiger partial charge on any atom is 0.416 e. The zero-order valence-electron chi connectivity index (χ0n) is 13.1. The summed E-state index contributed by atoms with van der Waals surface area (Å²) in [6, 6.07) is 6.42. The number of hydrogen-bond donors (Lipinski definition) is 2. The number of amides is 2. The second kappa shape index (κ2) is 7.16. The van der Waals surface area contributed by atoms with Crippen LogP contribution in [0.1, 0.15) is 5.56 Å². The van der Waals surface area contributed by atoms with Crippen LogP contribution in [0, 0.1) is 0 Å². The van der Waals surface area contributed by atoms with Crippen LogP contribution in [0.5, 0.6) is 0 Å². The quantitative estimate of drug-likeness (QED) is 0.599. The Hall–Kier alpha value is -2.66. The number of primary amides is 1. The van der Waals surface area contributed by atoms with Crippen molar-refractivity contribution in [2.75, 3.05) is 4.90 Å². The van der Waals surface area contributed by atoms with E-state index in [4.69, 9.17) is 17.3 Å². The highest BCUT2D eigenvalue weighted by molar-refractivity contribution is 9.10. The van der Waals surface area contributed by atoms with Gasteiger partial charge in [0.05, 0.1) is 22.0 Å². The van der Waals surface area contributed by atoms with Crippen LogP contribution < -0.4 is 10.6 Å². The van der Waals surface area contributed by atoms with Crippen LogP contribution in [-0.2, 0) is 6.18 Å². The Morgan fingerprint density at radius 1 is 1.19 bits per heavy atom. The van der Waals surface area contributed by atoms with E-state index in [9.17, 15) is 18.0 Å². The van der Waals surface area contributed by atoms with Gasteiger partial charge in [-0.2, -0.15) is 13.2 Å². The smallest absolute Gasteiger partial charge is 0.351 e. The predicted molar refractivity (Wildman–Crippen MR) is 95.5 cm³/mol. The maximum atomic E-state index is 12.9. The number of urea groups is 1. The van der Waals surface area contributed by atoms with E-state index in [0.29, 0.717) is 10.0 Å². The van der Waals surface area contributed by atoms with Crippen molar-refractivity contribution in [1.29, 1.82) is 0 Å². The van der Waals surface area contributed by atoms with Crippen molar-refractivity contribution in [1.82, 2.24) is 20.6 Å². The summed E-state index contributed by atoms with van der Waals surface area (Å²) in [5.41, 5.74) is 5.12. The first kappa shape index (κ1) is 19.1. The monoisotopic (exact) mass is 460 g/mol. The van der Waals surface area contributed by atoms with E-state index in [1.807, 2.05) is 0 Å². The Bertz CT molecular complexity index is 996. The number of halogens is 5. The molecule has 3 rings (SSSR count). The second-order valence-electron chi connectivity index (χ2n) is 5.25. The van der Waals surface area contributed by atoms with Crippen molar-refractivity contribution in [2.45, 2.75) is 6.18 Å². The van der Waals surface area contributed by atoms with Gasteiger partial charge in [0.25, 0.3) is 0 Å². The molecule has 2 aromatic carbocycles. The third kappa shape index (κ3) is 3.88. The number of carbonyl (C=O) groups excluding carboxylic acids is 1. The van der Waals surface area contributed by atoms with Crippen LogP contribution in [0.4, 0.5) is 29.3 Å². The van der Waals surface area contributed by atoms with Crippen molar-refractivity contribution in [3.8, 4) is 11.4 Å². The first-order valence-electron chi connectivity index (χ1n) is 7.18. The van der Waals surface area contributed by atoms with E-state index in [1.165, 1.54) is 6.07 Å². The number of benzene rings is 2. The molecule has 2 amide bonds. The van der Waals surface area contributed by atoms with Gasteiger partial charge in [-0.25, -0.2) is 9.89 Å². The van der Waals surface area contributed by atoms with Gasteiger partial charge in [0.15, 0.2) is 5.82 Å². The molecular weight excluding hydrogens is 453 g/mol. The van der Waals surface area contributed by atoms with Crippen molar-refractivity contribution >= 4 is 44.9 Å². The molecule has 3 N–H and O–H groups in total. The van der Waals surface area contributed by atoms with Crippen molar-refractivity contribution in [3.63, 3.8) is 0 Å². The van der Waals surface area contributed by atoms with Crippen LogP contribution in [-0.4, -0.2) is 26.7 Å². The molecule has 1 heterocycles. The molecule has 7 nitrogen and oxygen atoms in total. The number of hydrogen-bond acceptors (Lipinski definition) is 4. The van der Waals surface area contributed by atoms with E-state index < -0.39 is 17.8 Å². The third-order valence-electron chi connectivity index (χ3n) is 3.54. The van der Waals surface area contributed by atoms with E-state index in [2.05, 4.69) is 36.6 Å². The van der Waals surface area contributed by atoms with Gasteiger partial charge in [-0.3, -0.25) is 4.90 Å². The van der Waals surface area contributed by atoms with E-state index >= 15 is 0 Å². The van der Waals surface area contributed by atoms with Crippen LogP contribution in [0.3, 0.4) is 0 Å². The van der Waals surface area contributed by atoms with Crippen molar-refractivity contribution < 1.29 is 18.0 Å². The molecule has 12 heteroatoms. The fourth-order valence-corrected chi connectivity index (χ4v) is 3.02. The molecule has 0 radical (unpaired) electrons. The van der Waals surface area contributed by atoms with Gasteiger partial charge in [-0.05, 0) is 46.8 Å². The molecule has 0 saturated heterocycles. The molecule has 0 aliphatic rings. The molecule has 27 heavy (non-hydrogen) atoms. The number of nitrogens with one attached hydrogen (secondary N) is 1. The standard InChI is InChI=1S/C15H9BrClF3N6O/c16-8-2-4-11(9(6-8)13-22-24-25-23-13)26(14(21)27)12-3-1-7(5-10(12)17)15(18,19)20/h1-6H,(H2,21,27)(H,22,23,24,25). The number of carbonyl (C=O) groups is 1. The molecular formula is C15H9BrClF3N6O. The number of nitrogens with two attached hydrogens (primary N) is 1. The fraction of sp³-hybridized carbons (Fsp3) is 0.0667. The SMILES string of the molecule is NC(=O)N(c1ccc(C(F)(F)F)cc1Cl)c1ccc(Br)cc1-c1nnn[nH]1. The molecule has 0 spiro atoms. The summed E-state index contributed by atoms with van der Waals surface area (Å²) < 4.78 is 39.3. The highest BCUT2D eigenvalue weighted by atomic mass is 79.9. The number of H-pyrrole nitrogens is 1. The molecule has 0 saturated carbocycles. The van der Waals surface area contributed by atoms with E-state index in [1.54, 1.807) is 12.1 Å². The van der Waals surface area contributed by atoms with Gasteiger partial charge in [-0.15, -0.1) is 5.10 Å². The number of nitrogens with zero attached hydrogens (tertiary/aromatic N) is 4. The molecule has 0 atom stereocenters. The number of anilines is 2. The van der Waals surface area contributed by atoms with Gasteiger partial charge in [0.2, 0.25) is 0 Å². The van der Waals surface area contributed by atoms with Crippen LogP contribution in [0.25, 0.3) is 11.4 Å². The summed E-state index contributed by atoms with van der Waals surface area (Å²) in [5, 5.41) is 13.0. The van der Waals surface area contributed by atoms with E-state index in [-0.39, 0.29) is 22.2 Å². The molecule has 0 fully saturated rings. The predicted octanol–water partition coefficient (Wildman–Crippen LogP) is 4.52. The lowest BCUT2D eigenvalue weighted by atomic mass is 10.1. The Labute approximate surface area is 163 Å². The largest absolute Gasteiger partial charge is 0.416 e. The number of aromatic amines is 1. The highest BCUT2D eigenvalue weighted by Gasteiger charge is 2.32. The normalized spacial score (nSPS) is 11.4. The lowest BCUT2D eigenvalue weighted by Crippen LogP contribution is -2.32. The number of rotatable bonds is 3. The average Bonchev–Trinajstić information content (AvgIpc) is 3.11. The second-order valence-corrected chi connectivity index (χ2v) is 6.57. The summed E-state index contributed by atoms with van der Waals surface area (Å²) in [6.07, 6.45) is -4.58. The zero-order valence-corrected chi connectivity index (χ0v) is 15.5. The molecule has 0 unspecified atom stereocenters. The average molecular weight is 462 g/mol. The van der Waals surface area contributed by atoms with E-state index in [0.717, 1.165) is 23.1 Å². The number of aromatic nitrogens is 4. The summed E-state index contributed by atoms with van der Waals surface area (Å²) >= 11 is 9.33. The van der Waals surface area contributed by atoms with Gasteiger partial charge < -0.3 is 5.73 Å². The van der Waals surface area contributed by atoms with Gasteiger partial charge in [0.1, 0.15) is 0 Å². The third-order valence-corrected chi connectivity index (χ3v) is 4.33. The van der Waals surface area contributed by atoms with Gasteiger partial charge in [0, 0.05) is 10.0 Å². The molecule has 1 aromatic heterocycles. The molecule has 0 aliphatic heterocycles. The minimum Gasteiger partial charge on any atom is -0.351 e. The van der Waals surface area contributed by atoms with Gasteiger partial charge >= 0.3 is 12.2 Å². The van der Waals surface area contributed by atoms with Crippen LogP contribution >= 0.6 is 27.5 Å². The Kier molecular flexibility index (Phi) is 5.07. The first-order valence-corrected chi connectivity index (χ1v) is 8.35. The van der Waals surface area contributed by atoms with Crippen molar-refractivity contribution in [2.24, 2.45) is 5.73 Å². The lowest BCUT2D eigenvalue weighted by molar-refractivity contribution is -0.137. The van der Waals surface area contributed by atoms with Crippen LogP contribution in [0.2, 0.25) is 5.02 Å². The lowest BCUT2D eigenvalue weighted by Gasteiger charge is -2.24. The highest BCUT2D eigenvalue weighted by Crippen LogP contribution is 2.40. The molecule has 0 bridgehead atoms.